The van der Waals surface area contributed by atoms with Crippen molar-refractivity contribution in [1.29, 1.82) is 0 Å². The molecule has 0 spiro atoms. The summed E-state index contributed by atoms with van der Waals surface area (Å²) in [5, 5.41) is 17.2. The first kappa shape index (κ1) is 19.2. The smallest absolute Gasteiger partial charge is 0.293 e. The maximum Gasteiger partial charge on any atom is 0.293 e. The van der Waals surface area contributed by atoms with Crippen molar-refractivity contribution < 1.29 is 14.1 Å². The molecule has 1 aliphatic rings. The third kappa shape index (κ3) is 5.68. The largest absolute Gasteiger partial charge is 0.377 e. The molecule has 1 aliphatic carbocycles. The zero-order valence-electron chi connectivity index (χ0n) is 14.6. The fraction of sp³-hybridized carbons (Fsp3) is 0.316. The zero-order chi connectivity index (χ0) is 19.2. The van der Waals surface area contributed by atoms with Crippen molar-refractivity contribution in [3.8, 4) is 0 Å². The molecule has 2 N–H and O–H groups in total. The van der Waals surface area contributed by atoms with Crippen molar-refractivity contribution in [2.24, 2.45) is 0 Å². The molecule has 3 rings (SSSR count). The van der Waals surface area contributed by atoms with Crippen LogP contribution in [0.3, 0.4) is 0 Å². The molecular formula is C19H20FN3O3S. The van der Waals surface area contributed by atoms with E-state index in [4.69, 9.17) is 0 Å². The predicted octanol–water partition coefficient (Wildman–Crippen LogP) is 4.22. The number of amides is 1. The van der Waals surface area contributed by atoms with Crippen molar-refractivity contribution in [3.63, 3.8) is 0 Å². The number of rotatable bonds is 9. The van der Waals surface area contributed by atoms with Crippen molar-refractivity contribution in [2.75, 3.05) is 17.6 Å². The molecule has 1 amide bonds. The third-order valence-corrected chi connectivity index (χ3v) is 5.18. The Labute approximate surface area is 160 Å². The molecule has 6 nitrogen and oxygen atoms in total. The van der Waals surface area contributed by atoms with E-state index in [1.807, 2.05) is 0 Å². The fourth-order valence-electron chi connectivity index (χ4n) is 2.49. The molecule has 142 valence electrons. The Balaban J connectivity index is 1.47. The minimum absolute atomic E-state index is 0.0820. The summed E-state index contributed by atoms with van der Waals surface area (Å²) >= 11 is 1.58. The lowest BCUT2D eigenvalue weighted by Crippen LogP contribution is -2.25. The zero-order valence-corrected chi connectivity index (χ0v) is 15.4. The van der Waals surface area contributed by atoms with E-state index in [0.29, 0.717) is 18.3 Å². The van der Waals surface area contributed by atoms with Gasteiger partial charge in [-0.1, -0.05) is 0 Å². The van der Waals surface area contributed by atoms with Crippen molar-refractivity contribution >= 4 is 29.0 Å². The maximum absolute atomic E-state index is 12.8. The normalized spacial score (nSPS) is 13.2. The lowest BCUT2D eigenvalue weighted by molar-refractivity contribution is -0.384. The molecule has 1 fully saturated rings. The Morgan fingerprint density at radius 3 is 2.63 bits per heavy atom. The number of hydrogen-bond acceptors (Lipinski definition) is 5. The molecular weight excluding hydrogens is 369 g/mol. The van der Waals surface area contributed by atoms with Crippen LogP contribution in [-0.4, -0.2) is 29.2 Å². The first-order valence-electron chi connectivity index (χ1n) is 8.74. The van der Waals surface area contributed by atoms with Crippen LogP contribution in [0.2, 0.25) is 0 Å². The summed E-state index contributed by atoms with van der Waals surface area (Å²) in [6.07, 6.45) is 2.75. The van der Waals surface area contributed by atoms with Crippen LogP contribution >= 0.6 is 11.8 Å². The summed E-state index contributed by atoms with van der Waals surface area (Å²) in [4.78, 5) is 24.0. The van der Waals surface area contributed by atoms with Gasteiger partial charge in [0, 0.05) is 29.1 Å². The van der Waals surface area contributed by atoms with E-state index < -0.39 is 4.92 Å². The average Bonchev–Trinajstić information content (AvgIpc) is 3.47. The van der Waals surface area contributed by atoms with E-state index in [-0.39, 0.29) is 23.0 Å². The fourth-order valence-corrected chi connectivity index (χ4v) is 3.34. The first-order valence-corrected chi connectivity index (χ1v) is 9.73. The van der Waals surface area contributed by atoms with Gasteiger partial charge in [-0.25, -0.2) is 4.39 Å². The minimum Gasteiger partial charge on any atom is -0.377 e. The second kappa shape index (κ2) is 8.85. The number of nitrogens with zero attached hydrogens (tertiary/aromatic N) is 1. The topological polar surface area (TPSA) is 84.3 Å². The van der Waals surface area contributed by atoms with Crippen LogP contribution in [0.1, 0.15) is 29.6 Å². The number of hydrogen-bond donors (Lipinski definition) is 2. The number of nitro benzene ring substituents is 1. The molecule has 8 heteroatoms. The van der Waals surface area contributed by atoms with Crippen LogP contribution in [0, 0.1) is 15.9 Å². The van der Waals surface area contributed by atoms with Crippen molar-refractivity contribution in [2.45, 2.75) is 30.2 Å². The molecule has 1 saturated carbocycles. The molecule has 2 aromatic rings. The summed E-state index contributed by atoms with van der Waals surface area (Å²) in [5.74, 6) is 0.179. The third-order valence-electron chi connectivity index (χ3n) is 4.08. The summed E-state index contributed by atoms with van der Waals surface area (Å²) in [5.41, 5.74) is 0.644. The Morgan fingerprint density at radius 2 is 1.96 bits per heavy atom. The summed E-state index contributed by atoms with van der Waals surface area (Å²) in [6, 6.07) is 11.1. The highest BCUT2D eigenvalue weighted by atomic mass is 32.2. The van der Waals surface area contributed by atoms with Crippen LogP contribution in [0.15, 0.2) is 47.4 Å². The van der Waals surface area contributed by atoms with Gasteiger partial charge in [-0.05, 0) is 61.4 Å². The van der Waals surface area contributed by atoms with Crippen LogP contribution in [0.4, 0.5) is 15.8 Å². The summed E-state index contributed by atoms with van der Waals surface area (Å²) < 4.78 is 12.8. The van der Waals surface area contributed by atoms with Gasteiger partial charge in [0.1, 0.15) is 11.5 Å². The van der Waals surface area contributed by atoms with Crippen LogP contribution in [0.5, 0.6) is 0 Å². The average molecular weight is 389 g/mol. The highest BCUT2D eigenvalue weighted by Gasteiger charge is 2.25. The molecule has 27 heavy (non-hydrogen) atoms. The number of anilines is 1. The van der Waals surface area contributed by atoms with E-state index in [2.05, 4.69) is 10.6 Å². The molecule has 0 atom stereocenters. The molecule has 0 unspecified atom stereocenters. The van der Waals surface area contributed by atoms with Gasteiger partial charge in [0.2, 0.25) is 0 Å². The standard InChI is InChI=1S/C19H20FN3O3S/c20-14-3-7-16(8-4-14)27-11-1-10-21-19(24)13-2-9-17(22-15-5-6-15)18(12-13)23(25)26/h2-4,7-9,12,15,22H,1,5-6,10-11H2,(H,21,24). The highest BCUT2D eigenvalue weighted by Crippen LogP contribution is 2.31. The van der Waals surface area contributed by atoms with Crippen molar-refractivity contribution in [1.82, 2.24) is 5.32 Å². The number of nitro groups is 1. The maximum atomic E-state index is 12.8. The van der Waals surface area contributed by atoms with Gasteiger partial charge in [0.15, 0.2) is 0 Å². The Morgan fingerprint density at radius 1 is 1.22 bits per heavy atom. The van der Waals surface area contributed by atoms with Crippen LogP contribution in [0.25, 0.3) is 0 Å². The van der Waals surface area contributed by atoms with Crippen LogP contribution < -0.4 is 10.6 Å². The molecule has 0 aromatic heterocycles. The van der Waals surface area contributed by atoms with Crippen molar-refractivity contribution in [3.05, 3.63) is 64.0 Å². The van der Waals surface area contributed by atoms with E-state index >= 15 is 0 Å². The molecule has 0 aliphatic heterocycles. The Bertz CT molecular complexity index is 825. The second-order valence-corrected chi connectivity index (χ2v) is 7.49. The van der Waals surface area contributed by atoms with Crippen LogP contribution in [-0.2, 0) is 0 Å². The Kier molecular flexibility index (Phi) is 6.28. The number of halogens is 1. The monoisotopic (exact) mass is 389 g/mol. The number of nitrogens with one attached hydrogen (secondary N) is 2. The van der Waals surface area contributed by atoms with E-state index in [1.54, 1.807) is 36.0 Å². The van der Waals surface area contributed by atoms with Gasteiger partial charge >= 0.3 is 0 Å². The van der Waals surface area contributed by atoms with Gasteiger partial charge in [0.05, 0.1) is 4.92 Å². The van der Waals surface area contributed by atoms with E-state index in [0.717, 1.165) is 29.9 Å². The van der Waals surface area contributed by atoms with Gasteiger partial charge in [-0.3, -0.25) is 14.9 Å². The van der Waals surface area contributed by atoms with E-state index in [1.165, 1.54) is 18.2 Å². The summed E-state index contributed by atoms with van der Waals surface area (Å²) in [6.45, 7) is 0.461. The quantitative estimate of drug-likeness (QED) is 0.290. The minimum atomic E-state index is -0.471. The summed E-state index contributed by atoms with van der Waals surface area (Å²) in [7, 11) is 0. The van der Waals surface area contributed by atoms with Gasteiger partial charge in [0.25, 0.3) is 11.6 Å². The number of thioether (sulfide) groups is 1. The second-order valence-electron chi connectivity index (χ2n) is 6.32. The lowest BCUT2D eigenvalue weighted by atomic mass is 10.1. The first-order chi connectivity index (χ1) is 13.0. The van der Waals surface area contributed by atoms with E-state index in [9.17, 15) is 19.3 Å². The predicted molar refractivity (Wildman–Crippen MR) is 104 cm³/mol. The molecule has 2 aromatic carbocycles. The number of carbonyl (C=O) groups is 1. The number of benzene rings is 2. The number of carbonyl (C=O) groups excluding carboxylic acids is 1. The molecule has 0 radical (unpaired) electrons. The molecule has 0 saturated heterocycles. The van der Waals surface area contributed by atoms with Gasteiger partial charge in [-0.15, -0.1) is 11.8 Å². The molecule has 0 heterocycles. The van der Waals surface area contributed by atoms with Gasteiger partial charge < -0.3 is 10.6 Å². The molecule has 0 bridgehead atoms. The Hall–Kier alpha value is -2.61. The van der Waals surface area contributed by atoms with Gasteiger partial charge in [-0.2, -0.15) is 0 Å². The highest BCUT2D eigenvalue weighted by molar-refractivity contribution is 7.99. The lowest BCUT2D eigenvalue weighted by Gasteiger charge is -2.08. The SMILES string of the molecule is O=C(NCCCSc1ccc(F)cc1)c1ccc(NC2CC2)c([N+](=O)[O-])c1.